The van der Waals surface area contributed by atoms with Gasteiger partial charge in [-0.3, -0.25) is 4.55 Å². The van der Waals surface area contributed by atoms with E-state index in [1.165, 1.54) is 57.8 Å². The van der Waals surface area contributed by atoms with Gasteiger partial charge in [0.1, 0.15) is 0 Å². The molecule has 0 saturated heterocycles. The molecule has 0 aromatic rings. The molecule has 0 spiro atoms. The third-order valence-corrected chi connectivity index (χ3v) is 4.04. The highest BCUT2D eigenvalue weighted by Gasteiger charge is 2.02. The number of ether oxygens (including phenoxy) is 1. The van der Waals surface area contributed by atoms with Crippen LogP contribution < -0.4 is 5.32 Å². The van der Waals surface area contributed by atoms with Crippen LogP contribution in [0.5, 0.6) is 0 Å². The zero-order valence-electron chi connectivity index (χ0n) is 14.6. The molecule has 140 valence electrons. The summed E-state index contributed by atoms with van der Waals surface area (Å²) < 4.78 is 38.5. The molecular weight excluding hydrogens is 318 g/mol. The van der Waals surface area contributed by atoms with Crippen LogP contribution in [0, 0.1) is 0 Å². The maximum atomic E-state index is 10.3. The fraction of sp³-hybridized carbons (Fsp3) is 1.00. The van der Waals surface area contributed by atoms with Gasteiger partial charge in [0.05, 0.1) is 13.2 Å². The number of rotatable bonds is 18. The summed E-state index contributed by atoms with van der Waals surface area (Å²) >= 11 is 0. The maximum Gasteiger partial charge on any atom is 0.397 e. The molecule has 0 aliphatic rings. The number of hydrogen-bond donors (Lipinski definition) is 2. The van der Waals surface area contributed by atoms with E-state index in [-0.39, 0.29) is 6.61 Å². The number of nitrogens with one attached hydrogen (secondary N) is 1. The molecule has 0 fully saturated rings. The molecule has 2 N–H and O–H groups in total. The standard InChI is InChI=1S/C16H35NO5S/c1-2-3-4-5-6-7-8-9-10-11-14-21-15-12-17-13-16-22-23(18,19)20/h17H,2-16H2,1H3,(H,18,19,20). The van der Waals surface area contributed by atoms with Gasteiger partial charge in [0.25, 0.3) is 0 Å². The largest absolute Gasteiger partial charge is 0.397 e. The van der Waals surface area contributed by atoms with Gasteiger partial charge < -0.3 is 10.1 Å². The molecule has 23 heavy (non-hydrogen) atoms. The molecule has 7 heteroatoms. The highest BCUT2D eigenvalue weighted by atomic mass is 32.3. The van der Waals surface area contributed by atoms with Crippen LogP contribution in [-0.4, -0.2) is 45.9 Å². The summed E-state index contributed by atoms with van der Waals surface area (Å²) in [6.07, 6.45) is 13.2. The van der Waals surface area contributed by atoms with Crippen molar-refractivity contribution in [1.82, 2.24) is 5.32 Å². The van der Waals surface area contributed by atoms with Crippen molar-refractivity contribution in [2.45, 2.75) is 71.1 Å². The first-order valence-corrected chi connectivity index (χ1v) is 10.3. The van der Waals surface area contributed by atoms with E-state index in [1.807, 2.05) is 0 Å². The Morgan fingerprint density at radius 2 is 1.30 bits per heavy atom. The minimum absolute atomic E-state index is 0.0721. The van der Waals surface area contributed by atoms with Gasteiger partial charge in [-0.15, -0.1) is 0 Å². The first-order chi connectivity index (χ1) is 11.1. The zero-order valence-corrected chi connectivity index (χ0v) is 15.4. The minimum atomic E-state index is -4.32. The van der Waals surface area contributed by atoms with Crippen molar-refractivity contribution in [2.24, 2.45) is 0 Å². The molecule has 0 saturated carbocycles. The predicted molar refractivity (Wildman–Crippen MR) is 93.0 cm³/mol. The van der Waals surface area contributed by atoms with E-state index in [9.17, 15) is 8.42 Å². The van der Waals surface area contributed by atoms with Crippen LogP contribution >= 0.6 is 0 Å². The normalized spacial score (nSPS) is 11.9. The summed E-state index contributed by atoms with van der Waals surface area (Å²) in [7, 11) is -4.32. The van der Waals surface area contributed by atoms with Crippen molar-refractivity contribution >= 4 is 10.4 Å². The Balaban J connectivity index is 3.03. The van der Waals surface area contributed by atoms with Gasteiger partial charge in [-0.2, -0.15) is 8.42 Å². The highest BCUT2D eigenvalue weighted by Crippen LogP contribution is 2.10. The molecule has 0 aliphatic carbocycles. The van der Waals surface area contributed by atoms with E-state index in [0.29, 0.717) is 19.7 Å². The van der Waals surface area contributed by atoms with Crippen LogP contribution in [0.4, 0.5) is 0 Å². The predicted octanol–water partition coefficient (Wildman–Crippen LogP) is 3.33. The van der Waals surface area contributed by atoms with Gasteiger partial charge in [-0.1, -0.05) is 64.7 Å². The molecule has 0 amide bonds. The lowest BCUT2D eigenvalue weighted by atomic mass is 10.1. The van der Waals surface area contributed by atoms with Gasteiger partial charge in [0, 0.05) is 19.7 Å². The van der Waals surface area contributed by atoms with E-state index in [2.05, 4.69) is 16.4 Å². The van der Waals surface area contributed by atoms with Gasteiger partial charge in [0.15, 0.2) is 0 Å². The Bertz CT molecular complexity index is 335. The second-order valence-corrected chi connectivity index (χ2v) is 6.89. The molecular formula is C16H35NO5S. The lowest BCUT2D eigenvalue weighted by Crippen LogP contribution is -2.25. The molecule has 0 heterocycles. The molecule has 0 aliphatic heterocycles. The van der Waals surface area contributed by atoms with Crippen molar-refractivity contribution < 1.29 is 21.9 Å². The highest BCUT2D eigenvalue weighted by molar-refractivity contribution is 7.80. The van der Waals surface area contributed by atoms with Crippen LogP contribution in [-0.2, 0) is 19.3 Å². The average Bonchev–Trinajstić information content (AvgIpc) is 2.49. The molecule has 0 bridgehead atoms. The smallest absolute Gasteiger partial charge is 0.380 e. The number of hydrogen-bond acceptors (Lipinski definition) is 5. The second kappa shape index (κ2) is 16.6. The van der Waals surface area contributed by atoms with Gasteiger partial charge in [0.2, 0.25) is 0 Å². The van der Waals surface area contributed by atoms with Crippen molar-refractivity contribution in [3.63, 3.8) is 0 Å². The lowest BCUT2D eigenvalue weighted by Gasteiger charge is -2.06. The van der Waals surface area contributed by atoms with Crippen molar-refractivity contribution in [1.29, 1.82) is 0 Å². The fourth-order valence-electron chi connectivity index (χ4n) is 2.28. The molecule has 0 aromatic heterocycles. The molecule has 6 nitrogen and oxygen atoms in total. The summed E-state index contributed by atoms with van der Waals surface area (Å²) in [5, 5.41) is 2.97. The van der Waals surface area contributed by atoms with Crippen LogP contribution in [0.2, 0.25) is 0 Å². The summed E-state index contributed by atoms with van der Waals surface area (Å²) in [6, 6.07) is 0. The Morgan fingerprint density at radius 3 is 1.87 bits per heavy atom. The van der Waals surface area contributed by atoms with Crippen LogP contribution in [0.1, 0.15) is 71.1 Å². The van der Waals surface area contributed by atoms with Crippen LogP contribution in [0.3, 0.4) is 0 Å². The lowest BCUT2D eigenvalue weighted by molar-refractivity contribution is 0.130. The van der Waals surface area contributed by atoms with E-state index in [1.54, 1.807) is 0 Å². The van der Waals surface area contributed by atoms with Crippen LogP contribution in [0.25, 0.3) is 0 Å². The van der Waals surface area contributed by atoms with Crippen LogP contribution in [0.15, 0.2) is 0 Å². The van der Waals surface area contributed by atoms with E-state index >= 15 is 0 Å². The third-order valence-electron chi connectivity index (χ3n) is 3.58. The van der Waals surface area contributed by atoms with E-state index in [0.717, 1.165) is 13.0 Å². The molecule has 0 atom stereocenters. The Labute approximate surface area is 142 Å². The zero-order chi connectivity index (χ0) is 17.2. The minimum Gasteiger partial charge on any atom is -0.380 e. The van der Waals surface area contributed by atoms with Gasteiger partial charge in [-0.05, 0) is 6.42 Å². The fourth-order valence-corrected chi connectivity index (χ4v) is 2.58. The SMILES string of the molecule is CCCCCCCCCCCCOCCNCCOS(=O)(=O)O. The van der Waals surface area contributed by atoms with E-state index < -0.39 is 10.4 Å². The van der Waals surface area contributed by atoms with Crippen molar-refractivity contribution in [3.05, 3.63) is 0 Å². The van der Waals surface area contributed by atoms with Gasteiger partial charge in [-0.25, -0.2) is 4.18 Å². The first-order valence-electron chi connectivity index (χ1n) is 8.96. The van der Waals surface area contributed by atoms with Crippen molar-refractivity contribution in [2.75, 3.05) is 32.9 Å². The quantitative estimate of drug-likeness (QED) is 0.290. The maximum absolute atomic E-state index is 10.3. The van der Waals surface area contributed by atoms with E-state index in [4.69, 9.17) is 9.29 Å². The Hall–Kier alpha value is -0.210. The number of unbranched alkanes of at least 4 members (excludes halogenated alkanes) is 9. The average molecular weight is 354 g/mol. The molecule has 0 aromatic carbocycles. The molecule has 0 unspecified atom stereocenters. The summed E-state index contributed by atoms with van der Waals surface area (Å²) in [5.41, 5.74) is 0. The summed E-state index contributed by atoms with van der Waals surface area (Å²) in [5.74, 6) is 0. The monoisotopic (exact) mass is 353 g/mol. The third kappa shape index (κ3) is 21.8. The first kappa shape index (κ1) is 22.8. The topological polar surface area (TPSA) is 84.9 Å². The Kier molecular flexibility index (Phi) is 16.5. The summed E-state index contributed by atoms with van der Waals surface area (Å²) in [6.45, 7) is 4.56. The second-order valence-electron chi connectivity index (χ2n) is 5.79. The Morgan fingerprint density at radius 1 is 0.783 bits per heavy atom. The van der Waals surface area contributed by atoms with Gasteiger partial charge >= 0.3 is 10.4 Å². The molecule has 0 radical (unpaired) electrons. The van der Waals surface area contributed by atoms with Crippen molar-refractivity contribution in [3.8, 4) is 0 Å². The summed E-state index contributed by atoms with van der Waals surface area (Å²) in [4.78, 5) is 0. The molecule has 0 rings (SSSR count).